The summed E-state index contributed by atoms with van der Waals surface area (Å²) < 4.78 is 5.14. The second-order valence-electron chi connectivity index (χ2n) is 5.13. The number of pyridine rings is 1. The molecule has 0 aliphatic heterocycles. The number of phenols is 1. The Balaban J connectivity index is 0.000000209. The molecule has 0 fully saturated rings. The summed E-state index contributed by atoms with van der Waals surface area (Å²) in [5, 5.41) is 17.3. The summed E-state index contributed by atoms with van der Waals surface area (Å²) in [4.78, 5) is 25.7. The predicted octanol–water partition coefficient (Wildman–Crippen LogP) is 3.53. The van der Waals surface area contributed by atoms with Crippen LogP contribution in [0.1, 0.15) is 26.3 Å². The third kappa shape index (κ3) is 5.76. The minimum atomic E-state index is -1.11. The maximum absolute atomic E-state index is 11.6. The van der Waals surface area contributed by atoms with Crippen molar-refractivity contribution in [3.05, 3.63) is 95.8 Å². The number of aromatic hydroxyl groups is 1. The van der Waals surface area contributed by atoms with Gasteiger partial charge in [0.15, 0.2) is 0 Å². The number of nitrogens with zero attached hydrogens (tertiary/aromatic N) is 1. The van der Waals surface area contributed by atoms with E-state index in [2.05, 4.69) is 4.98 Å². The van der Waals surface area contributed by atoms with Crippen molar-refractivity contribution in [1.82, 2.24) is 4.98 Å². The third-order valence-electron chi connectivity index (χ3n) is 3.24. The highest BCUT2D eigenvalue weighted by Gasteiger charge is 2.06. The number of carboxylic acids is 1. The van der Waals surface area contributed by atoms with E-state index in [-0.39, 0.29) is 23.9 Å². The molecule has 2 N–H and O–H groups in total. The first-order chi connectivity index (χ1) is 12.6. The Bertz CT molecular complexity index is 850. The first-order valence-electron chi connectivity index (χ1n) is 7.70. The highest BCUT2D eigenvalue weighted by Crippen LogP contribution is 2.14. The molecule has 0 unspecified atom stereocenters. The Kier molecular flexibility index (Phi) is 6.88. The number of carbonyl (C=O) groups is 2. The minimum Gasteiger partial charge on any atom is -0.507 e. The molecule has 1 aromatic heterocycles. The van der Waals surface area contributed by atoms with Crippen LogP contribution in [0.15, 0.2) is 79.1 Å². The van der Waals surface area contributed by atoms with Gasteiger partial charge in [0.25, 0.3) is 0 Å². The van der Waals surface area contributed by atoms with Gasteiger partial charge in [0.2, 0.25) is 0 Å². The van der Waals surface area contributed by atoms with Crippen LogP contribution < -0.4 is 0 Å². The molecule has 0 aliphatic carbocycles. The number of aromatic nitrogens is 1. The van der Waals surface area contributed by atoms with Crippen molar-refractivity contribution in [2.24, 2.45) is 0 Å². The molecule has 0 bridgehead atoms. The second-order valence-corrected chi connectivity index (χ2v) is 5.13. The SMILES string of the molecule is O=C(O)c1ccccc1O.O=C(OCc1ccccc1)c1cccnc1. The number of carbonyl (C=O) groups excluding carboxylic acids is 1. The normalized spacial score (nSPS) is 9.54. The number of hydrogen-bond acceptors (Lipinski definition) is 5. The zero-order valence-electron chi connectivity index (χ0n) is 13.8. The van der Waals surface area contributed by atoms with Gasteiger partial charge in [-0.25, -0.2) is 9.59 Å². The molecule has 0 saturated heterocycles. The molecule has 0 atom stereocenters. The van der Waals surface area contributed by atoms with Gasteiger partial charge in [-0.3, -0.25) is 4.98 Å². The first-order valence-corrected chi connectivity index (χ1v) is 7.70. The molecule has 6 nitrogen and oxygen atoms in total. The van der Waals surface area contributed by atoms with Gasteiger partial charge in [-0.2, -0.15) is 0 Å². The first kappa shape index (κ1) is 18.7. The fourth-order valence-electron chi connectivity index (χ4n) is 1.94. The van der Waals surface area contributed by atoms with E-state index < -0.39 is 5.97 Å². The number of hydrogen-bond donors (Lipinski definition) is 2. The predicted molar refractivity (Wildman–Crippen MR) is 94.9 cm³/mol. The molecule has 3 aromatic rings. The lowest BCUT2D eigenvalue weighted by molar-refractivity contribution is 0.0472. The van der Waals surface area contributed by atoms with Crippen LogP contribution in [0.25, 0.3) is 0 Å². The second kappa shape index (κ2) is 9.58. The largest absolute Gasteiger partial charge is 0.507 e. The molecule has 0 aliphatic rings. The zero-order chi connectivity index (χ0) is 18.8. The van der Waals surface area contributed by atoms with Crippen LogP contribution in [0.3, 0.4) is 0 Å². The number of carboxylic acid groups (broad SMARTS) is 1. The van der Waals surface area contributed by atoms with E-state index in [1.807, 2.05) is 30.3 Å². The highest BCUT2D eigenvalue weighted by molar-refractivity contribution is 5.90. The molecule has 6 heteroatoms. The lowest BCUT2D eigenvalue weighted by Crippen LogP contribution is -2.05. The van der Waals surface area contributed by atoms with Crippen molar-refractivity contribution in [1.29, 1.82) is 0 Å². The molecular weight excluding hydrogens is 334 g/mol. The van der Waals surface area contributed by atoms with Crippen LogP contribution in [0.2, 0.25) is 0 Å². The third-order valence-corrected chi connectivity index (χ3v) is 3.24. The molecule has 26 heavy (non-hydrogen) atoms. The van der Waals surface area contributed by atoms with Crippen molar-refractivity contribution in [3.63, 3.8) is 0 Å². The van der Waals surface area contributed by atoms with Crippen LogP contribution in [0.4, 0.5) is 0 Å². The fraction of sp³-hybridized carbons (Fsp3) is 0.0500. The summed E-state index contributed by atoms with van der Waals surface area (Å²) in [6.45, 7) is 0.286. The minimum absolute atomic E-state index is 0.0671. The van der Waals surface area contributed by atoms with Gasteiger partial charge in [-0.05, 0) is 29.8 Å². The Labute approximate surface area is 150 Å². The topological polar surface area (TPSA) is 96.7 Å². The average Bonchev–Trinajstić information content (AvgIpc) is 2.68. The lowest BCUT2D eigenvalue weighted by Gasteiger charge is -2.03. The molecule has 2 aromatic carbocycles. The standard InChI is InChI=1S/C13H11NO2.C7H6O3/c15-13(12-7-4-8-14-9-12)16-10-11-5-2-1-3-6-11;8-6-4-2-1-3-5(6)7(9)10/h1-9H,10H2;1-4,8H,(H,9,10). The molecule has 0 saturated carbocycles. The van der Waals surface area contributed by atoms with Gasteiger partial charge < -0.3 is 14.9 Å². The van der Waals surface area contributed by atoms with Crippen LogP contribution in [-0.2, 0) is 11.3 Å². The summed E-state index contributed by atoms with van der Waals surface area (Å²) >= 11 is 0. The van der Waals surface area contributed by atoms with E-state index in [1.165, 1.54) is 18.3 Å². The van der Waals surface area contributed by atoms with Gasteiger partial charge in [0.05, 0.1) is 5.56 Å². The van der Waals surface area contributed by atoms with Gasteiger partial charge in [-0.15, -0.1) is 0 Å². The van der Waals surface area contributed by atoms with Gasteiger partial charge >= 0.3 is 11.9 Å². The molecule has 0 radical (unpaired) electrons. The Morgan fingerprint density at radius 1 is 0.923 bits per heavy atom. The van der Waals surface area contributed by atoms with Crippen LogP contribution in [0.5, 0.6) is 5.75 Å². The number of ether oxygens (including phenoxy) is 1. The summed E-state index contributed by atoms with van der Waals surface area (Å²) in [6, 6.07) is 18.8. The lowest BCUT2D eigenvalue weighted by atomic mass is 10.2. The van der Waals surface area contributed by atoms with Crippen molar-refractivity contribution in [3.8, 4) is 5.75 Å². The summed E-state index contributed by atoms with van der Waals surface area (Å²) in [6.07, 6.45) is 3.11. The molecule has 1 heterocycles. The molecular formula is C20H17NO5. The average molecular weight is 351 g/mol. The molecule has 0 spiro atoms. The molecule has 0 amide bonds. The molecule has 132 valence electrons. The number of rotatable bonds is 4. The van der Waals surface area contributed by atoms with Crippen molar-refractivity contribution < 1.29 is 24.5 Å². The number of esters is 1. The Morgan fingerprint density at radius 2 is 1.62 bits per heavy atom. The maximum Gasteiger partial charge on any atom is 0.340 e. The number of aromatic carboxylic acids is 1. The highest BCUT2D eigenvalue weighted by atomic mass is 16.5. The Morgan fingerprint density at radius 3 is 2.19 bits per heavy atom. The summed E-state index contributed by atoms with van der Waals surface area (Å²) in [7, 11) is 0. The van der Waals surface area contributed by atoms with Crippen LogP contribution in [-0.4, -0.2) is 27.1 Å². The maximum atomic E-state index is 11.6. The van der Waals surface area contributed by atoms with Gasteiger partial charge in [0, 0.05) is 12.4 Å². The molecule has 3 rings (SSSR count). The number of benzene rings is 2. The number of para-hydroxylation sites is 1. The van der Waals surface area contributed by atoms with Gasteiger partial charge in [0.1, 0.15) is 17.9 Å². The van der Waals surface area contributed by atoms with E-state index in [0.29, 0.717) is 5.56 Å². The summed E-state index contributed by atoms with van der Waals surface area (Å²) in [5.41, 5.74) is 1.38. The fourth-order valence-corrected chi connectivity index (χ4v) is 1.94. The Hall–Kier alpha value is -3.67. The summed E-state index contributed by atoms with van der Waals surface area (Å²) in [5.74, 6) is -1.66. The van der Waals surface area contributed by atoms with Crippen molar-refractivity contribution in [2.75, 3.05) is 0 Å². The van der Waals surface area contributed by atoms with Gasteiger partial charge in [-0.1, -0.05) is 42.5 Å². The smallest absolute Gasteiger partial charge is 0.340 e. The van der Waals surface area contributed by atoms with E-state index in [0.717, 1.165) is 5.56 Å². The van der Waals surface area contributed by atoms with Crippen LogP contribution in [0, 0.1) is 0 Å². The quantitative estimate of drug-likeness (QED) is 0.698. The van der Waals surface area contributed by atoms with Crippen molar-refractivity contribution in [2.45, 2.75) is 6.61 Å². The van der Waals surface area contributed by atoms with E-state index in [4.69, 9.17) is 14.9 Å². The zero-order valence-corrected chi connectivity index (χ0v) is 13.8. The monoisotopic (exact) mass is 351 g/mol. The van der Waals surface area contributed by atoms with E-state index in [9.17, 15) is 9.59 Å². The van der Waals surface area contributed by atoms with E-state index in [1.54, 1.807) is 30.5 Å². The van der Waals surface area contributed by atoms with E-state index >= 15 is 0 Å². The van der Waals surface area contributed by atoms with Crippen molar-refractivity contribution >= 4 is 11.9 Å². The van der Waals surface area contributed by atoms with Crippen LogP contribution >= 0.6 is 0 Å².